The van der Waals surface area contributed by atoms with E-state index in [-0.39, 0.29) is 29.9 Å². The zero-order valence-electron chi connectivity index (χ0n) is 15.5. The zero-order valence-corrected chi connectivity index (χ0v) is 16.3. The zero-order chi connectivity index (χ0) is 19.5. The van der Waals surface area contributed by atoms with Gasteiger partial charge in [0.25, 0.3) is 10.0 Å². The molecule has 1 amide bonds. The number of aliphatic hydroxyl groups excluding tert-OH is 1. The Labute approximate surface area is 154 Å². The number of hydrogen-bond donors (Lipinski definition) is 3. The Kier molecular flexibility index (Phi) is 6.78. The first kappa shape index (κ1) is 20.8. The standard InChI is InChI=1S/C16H29N5O4S/c1-11(2)7-12(17)16(23)19-13-5-4-6-21(8-14(13)22)26(24,25)15-9-20(3)10-18-15/h9-14,22H,4-8,17H2,1-3H3,(H,19,23)/t12-,13?,14?/m0/s1. The van der Waals surface area contributed by atoms with Gasteiger partial charge in [0.1, 0.15) is 0 Å². The summed E-state index contributed by atoms with van der Waals surface area (Å²) in [5.41, 5.74) is 5.88. The van der Waals surface area contributed by atoms with Crippen molar-refractivity contribution in [3.05, 3.63) is 12.5 Å². The lowest BCUT2D eigenvalue weighted by Gasteiger charge is -2.25. The van der Waals surface area contributed by atoms with Gasteiger partial charge in [0.15, 0.2) is 5.03 Å². The largest absolute Gasteiger partial charge is 0.390 e. The van der Waals surface area contributed by atoms with E-state index in [0.29, 0.717) is 19.3 Å². The van der Waals surface area contributed by atoms with Crippen molar-refractivity contribution in [1.29, 1.82) is 0 Å². The average Bonchev–Trinajstić information content (AvgIpc) is 2.90. The fourth-order valence-corrected chi connectivity index (χ4v) is 4.52. The van der Waals surface area contributed by atoms with Crippen LogP contribution in [0.4, 0.5) is 0 Å². The number of amides is 1. The summed E-state index contributed by atoms with van der Waals surface area (Å²) in [7, 11) is -2.09. The van der Waals surface area contributed by atoms with Crippen molar-refractivity contribution in [2.75, 3.05) is 13.1 Å². The molecule has 26 heavy (non-hydrogen) atoms. The molecule has 4 N–H and O–H groups in total. The van der Waals surface area contributed by atoms with Gasteiger partial charge in [0.05, 0.1) is 24.5 Å². The highest BCUT2D eigenvalue weighted by Gasteiger charge is 2.34. The van der Waals surface area contributed by atoms with E-state index in [1.54, 1.807) is 11.6 Å². The van der Waals surface area contributed by atoms with Gasteiger partial charge in [-0.2, -0.15) is 4.31 Å². The highest BCUT2D eigenvalue weighted by atomic mass is 32.2. The van der Waals surface area contributed by atoms with E-state index >= 15 is 0 Å². The van der Waals surface area contributed by atoms with Crippen molar-refractivity contribution in [3.63, 3.8) is 0 Å². The molecule has 2 unspecified atom stereocenters. The molecule has 1 saturated heterocycles. The molecule has 0 aromatic carbocycles. The Bertz CT molecular complexity index is 718. The normalized spacial score (nSPS) is 23.6. The van der Waals surface area contributed by atoms with E-state index in [9.17, 15) is 18.3 Å². The van der Waals surface area contributed by atoms with Crippen LogP contribution in [-0.2, 0) is 21.9 Å². The predicted octanol–water partition coefficient (Wildman–Crippen LogP) is -0.576. The number of sulfonamides is 1. The molecular formula is C16H29N5O4S. The molecule has 1 aromatic heterocycles. The number of β-amino-alcohol motifs (C(OH)–C–C–N with tert-alkyl or cyclic N) is 1. The van der Waals surface area contributed by atoms with Crippen molar-refractivity contribution in [1.82, 2.24) is 19.2 Å². The number of imidazole rings is 1. The number of carbonyl (C=O) groups is 1. The van der Waals surface area contributed by atoms with Crippen LogP contribution >= 0.6 is 0 Å². The fourth-order valence-electron chi connectivity index (χ4n) is 3.05. The second-order valence-corrected chi connectivity index (χ2v) is 9.19. The SMILES string of the molecule is CC(C)C[C@H](N)C(=O)NC1CCCN(S(=O)(=O)c2cn(C)cn2)CC1O. The van der Waals surface area contributed by atoms with E-state index in [0.717, 1.165) is 0 Å². The number of carbonyl (C=O) groups excluding carboxylic acids is 1. The van der Waals surface area contributed by atoms with Gasteiger partial charge in [-0.1, -0.05) is 13.8 Å². The Morgan fingerprint density at radius 1 is 1.50 bits per heavy atom. The summed E-state index contributed by atoms with van der Waals surface area (Å²) in [5.74, 6) is -0.0300. The van der Waals surface area contributed by atoms with Crippen molar-refractivity contribution < 1.29 is 18.3 Å². The molecule has 0 spiro atoms. The van der Waals surface area contributed by atoms with Crippen LogP contribution in [0.1, 0.15) is 33.1 Å². The molecule has 1 aromatic rings. The molecule has 10 heteroatoms. The lowest BCUT2D eigenvalue weighted by Crippen LogP contribution is -2.51. The molecule has 3 atom stereocenters. The van der Waals surface area contributed by atoms with Gasteiger partial charge in [0.2, 0.25) is 5.91 Å². The minimum Gasteiger partial charge on any atom is -0.390 e. The van der Waals surface area contributed by atoms with Crippen LogP contribution in [0.5, 0.6) is 0 Å². The molecule has 148 valence electrons. The number of aromatic nitrogens is 2. The topological polar surface area (TPSA) is 131 Å². The minimum atomic E-state index is -3.78. The maximum Gasteiger partial charge on any atom is 0.262 e. The van der Waals surface area contributed by atoms with Gasteiger partial charge in [-0.15, -0.1) is 0 Å². The summed E-state index contributed by atoms with van der Waals surface area (Å²) in [5, 5.41) is 13.2. The molecule has 2 heterocycles. The molecule has 1 aliphatic heterocycles. The van der Waals surface area contributed by atoms with Gasteiger partial charge in [0, 0.05) is 26.3 Å². The smallest absolute Gasteiger partial charge is 0.262 e. The van der Waals surface area contributed by atoms with Gasteiger partial charge in [-0.25, -0.2) is 13.4 Å². The number of aliphatic hydroxyl groups is 1. The van der Waals surface area contributed by atoms with Gasteiger partial charge < -0.3 is 20.7 Å². The van der Waals surface area contributed by atoms with Crippen LogP contribution in [0.3, 0.4) is 0 Å². The lowest BCUT2D eigenvalue weighted by atomic mass is 10.0. The number of hydrogen-bond acceptors (Lipinski definition) is 6. The van der Waals surface area contributed by atoms with Crippen LogP contribution in [0.2, 0.25) is 0 Å². The van der Waals surface area contributed by atoms with E-state index < -0.39 is 28.2 Å². The number of aryl methyl sites for hydroxylation is 1. The van der Waals surface area contributed by atoms with Crippen molar-refractivity contribution >= 4 is 15.9 Å². The van der Waals surface area contributed by atoms with Crippen molar-refractivity contribution in [2.45, 2.75) is 56.3 Å². The molecule has 0 saturated carbocycles. The number of nitrogens with one attached hydrogen (secondary N) is 1. The number of nitrogens with zero attached hydrogens (tertiary/aromatic N) is 3. The summed E-state index contributed by atoms with van der Waals surface area (Å²) >= 11 is 0. The molecule has 1 aliphatic rings. The summed E-state index contributed by atoms with van der Waals surface area (Å²) in [6.07, 6.45) is 3.39. The first-order valence-corrected chi connectivity index (χ1v) is 10.3. The highest BCUT2D eigenvalue weighted by Crippen LogP contribution is 2.20. The molecule has 9 nitrogen and oxygen atoms in total. The highest BCUT2D eigenvalue weighted by molar-refractivity contribution is 7.89. The third kappa shape index (κ3) is 5.03. The maximum absolute atomic E-state index is 12.7. The van der Waals surface area contributed by atoms with Gasteiger partial charge in [-0.05, 0) is 25.2 Å². The molecule has 0 aliphatic carbocycles. The Morgan fingerprint density at radius 3 is 2.77 bits per heavy atom. The second kappa shape index (κ2) is 8.47. The first-order valence-electron chi connectivity index (χ1n) is 8.83. The van der Waals surface area contributed by atoms with Crippen LogP contribution in [0.15, 0.2) is 17.6 Å². The summed E-state index contributed by atoms with van der Waals surface area (Å²) < 4.78 is 28.2. The van der Waals surface area contributed by atoms with Crippen LogP contribution < -0.4 is 11.1 Å². The van der Waals surface area contributed by atoms with Gasteiger partial charge in [-0.3, -0.25) is 4.79 Å². The number of rotatable bonds is 6. The van der Waals surface area contributed by atoms with E-state index in [1.165, 1.54) is 16.8 Å². The monoisotopic (exact) mass is 387 g/mol. The molecule has 0 bridgehead atoms. The molecular weight excluding hydrogens is 358 g/mol. The van der Waals surface area contributed by atoms with Gasteiger partial charge >= 0.3 is 0 Å². The third-order valence-electron chi connectivity index (χ3n) is 4.45. The third-order valence-corrected chi connectivity index (χ3v) is 6.20. The van der Waals surface area contributed by atoms with E-state index in [1.807, 2.05) is 13.8 Å². The average molecular weight is 388 g/mol. The van der Waals surface area contributed by atoms with Crippen LogP contribution in [-0.4, -0.2) is 64.6 Å². The fraction of sp³-hybridized carbons (Fsp3) is 0.750. The molecule has 0 radical (unpaired) electrons. The maximum atomic E-state index is 12.7. The molecule has 2 rings (SSSR count). The van der Waals surface area contributed by atoms with Crippen molar-refractivity contribution in [2.24, 2.45) is 18.7 Å². The Hall–Kier alpha value is -1.49. The van der Waals surface area contributed by atoms with E-state index in [4.69, 9.17) is 5.73 Å². The first-order chi connectivity index (χ1) is 12.1. The van der Waals surface area contributed by atoms with Crippen molar-refractivity contribution in [3.8, 4) is 0 Å². The van der Waals surface area contributed by atoms with E-state index in [2.05, 4.69) is 10.3 Å². The van der Waals surface area contributed by atoms with Crippen LogP contribution in [0, 0.1) is 5.92 Å². The number of nitrogens with two attached hydrogens (primary N) is 1. The van der Waals surface area contributed by atoms with Crippen LogP contribution in [0.25, 0.3) is 0 Å². The minimum absolute atomic E-state index is 0.0476. The Balaban J connectivity index is 2.04. The summed E-state index contributed by atoms with van der Waals surface area (Å²) in [4.78, 5) is 16.1. The Morgan fingerprint density at radius 2 is 2.19 bits per heavy atom. The molecule has 1 fully saturated rings. The lowest BCUT2D eigenvalue weighted by molar-refractivity contribution is -0.124. The summed E-state index contributed by atoms with van der Waals surface area (Å²) in [6, 6.07) is -1.16. The quantitative estimate of drug-likeness (QED) is 0.599. The summed E-state index contributed by atoms with van der Waals surface area (Å²) in [6.45, 7) is 4.13. The predicted molar refractivity (Wildman–Crippen MR) is 96.6 cm³/mol. The second-order valence-electron chi connectivity index (χ2n) is 7.30.